The maximum atomic E-state index is 13.5. The summed E-state index contributed by atoms with van der Waals surface area (Å²) in [6.45, 7) is 1.27. The molecule has 0 saturated heterocycles. The van der Waals surface area contributed by atoms with Crippen LogP contribution in [-0.2, 0) is 16.6 Å². The first-order valence-corrected chi connectivity index (χ1v) is 11.1. The number of H-pyrrole nitrogens is 1. The smallest absolute Gasteiger partial charge is 0.267 e. The summed E-state index contributed by atoms with van der Waals surface area (Å²) in [4.78, 5) is 3.38. The number of nitrogens with zero attached hydrogens (tertiary/aromatic N) is 3. The van der Waals surface area contributed by atoms with Gasteiger partial charge in [-0.1, -0.05) is 23.7 Å². The van der Waals surface area contributed by atoms with Crippen molar-refractivity contribution in [1.82, 2.24) is 14.8 Å². The average Bonchev–Trinajstić information content (AvgIpc) is 3.56. The van der Waals surface area contributed by atoms with Gasteiger partial charge in [0.25, 0.3) is 10.0 Å². The van der Waals surface area contributed by atoms with Gasteiger partial charge in [0, 0.05) is 30.9 Å². The first-order valence-electron chi connectivity index (χ1n) is 9.33. The molecule has 8 heteroatoms. The number of halogens is 1. The molecule has 0 atom stereocenters. The predicted molar refractivity (Wildman–Crippen MR) is 106 cm³/mol. The largest absolute Gasteiger partial charge is 0.358 e. The summed E-state index contributed by atoms with van der Waals surface area (Å²) in [7, 11) is -3.70. The summed E-state index contributed by atoms with van der Waals surface area (Å²) >= 11 is 6.24. The lowest BCUT2D eigenvalue weighted by Crippen LogP contribution is -2.33. The van der Waals surface area contributed by atoms with E-state index in [1.54, 1.807) is 17.1 Å². The molecule has 0 radical (unpaired) electrons. The number of hydrogen-bond acceptors (Lipinski definition) is 3. The number of fused-ring (bicyclic) bond motifs is 1. The van der Waals surface area contributed by atoms with Crippen LogP contribution in [0.2, 0.25) is 5.02 Å². The van der Waals surface area contributed by atoms with Crippen LogP contribution in [0.3, 0.4) is 0 Å². The van der Waals surface area contributed by atoms with Gasteiger partial charge in [-0.05, 0) is 43.6 Å². The molecule has 1 aromatic carbocycles. The minimum atomic E-state index is -3.70. The molecule has 0 unspecified atom stereocenters. The third-order valence-corrected chi connectivity index (χ3v) is 7.42. The van der Waals surface area contributed by atoms with Gasteiger partial charge in [0.1, 0.15) is 4.90 Å². The first kappa shape index (κ1) is 17.1. The van der Waals surface area contributed by atoms with E-state index in [9.17, 15) is 8.42 Å². The molecule has 1 N–H and O–H groups in total. The number of sulfonamides is 1. The Morgan fingerprint density at radius 3 is 2.74 bits per heavy atom. The van der Waals surface area contributed by atoms with E-state index in [1.165, 1.54) is 23.3 Å². The normalized spacial score (nSPS) is 17.5. The van der Waals surface area contributed by atoms with Crippen molar-refractivity contribution in [3.05, 3.63) is 41.8 Å². The summed E-state index contributed by atoms with van der Waals surface area (Å²) < 4.78 is 30.3. The lowest BCUT2D eigenvalue weighted by molar-refractivity contribution is 0.561. The molecule has 0 amide bonds. The van der Waals surface area contributed by atoms with E-state index in [1.807, 2.05) is 18.2 Å². The number of benzene rings is 1. The molecule has 0 spiro atoms. The highest BCUT2D eigenvalue weighted by molar-refractivity contribution is 7.92. The van der Waals surface area contributed by atoms with Gasteiger partial charge in [-0.15, -0.1) is 0 Å². The maximum absolute atomic E-state index is 13.5. The van der Waals surface area contributed by atoms with Crippen LogP contribution in [0.5, 0.6) is 0 Å². The van der Waals surface area contributed by atoms with Gasteiger partial charge in [0.2, 0.25) is 0 Å². The van der Waals surface area contributed by atoms with Gasteiger partial charge in [0.05, 0.1) is 22.4 Å². The van der Waals surface area contributed by atoms with Crippen LogP contribution >= 0.6 is 11.6 Å². The predicted octanol–water partition coefficient (Wildman–Crippen LogP) is 4.03. The van der Waals surface area contributed by atoms with Crippen LogP contribution < -0.4 is 4.31 Å². The first-order chi connectivity index (χ1) is 13.0. The zero-order valence-corrected chi connectivity index (χ0v) is 16.4. The lowest BCUT2D eigenvalue weighted by Gasteiger charge is -2.24. The fourth-order valence-corrected chi connectivity index (χ4v) is 5.16. The summed E-state index contributed by atoms with van der Waals surface area (Å²) in [5, 5.41) is 5.70. The molecule has 2 fully saturated rings. The highest BCUT2D eigenvalue weighted by Gasteiger charge is 2.34. The number of hydrogen-bond donors (Lipinski definition) is 1. The molecule has 142 valence electrons. The van der Waals surface area contributed by atoms with Crippen molar-refractivity contribution in [1.29, 1.82) is 0 Å². The van der Waals surface area contributed by atoms with Crippen molar-refractivity contribution in [2.45, 2.75) is 37.1 Å². The number of anilines is 1. The second-order valence-electron chi connectivity index (χ2n) is 7.66. The minimum Gasteiger partial charge on any atom is -0.358 e. The number of para-hydroxylation sites is 1. The van der Waals surface area contributed by atoms with Crippen LogP contribution in [0.15, 0.2) is 41.7 Å². The van der Waals surface area contributed by atoms with Crippen molar-refractivity contribution in [3.8, 4) is 0 Å². The van der Waals surface area contributed by atoms with E-state index in [2.05, 4.69) is 10.1 Å². The fraction of sp³-hybridized carbons (Fsp3) is 0.421. The Kier molecular flexibility index (Phi) is 3.98. The van der Waals surface area contributed by atoms with Crippen LogP contribution in [0, 0.1) is 11.8 Å². The third-order valence-electron chi connectivity index (χ3n) is 5.37. The lowest BCUT2D eigenvalue weighted by atomic mass is 10.2. The van der Waals surface area contributed by atoms with E-state index in [-0.39, 0.29) is 4.90 Å². The number of nitrogens with one attached hydrogen (secondary N) is 1. The summed E-state index contributed by atoms with van der Waals surface area (Å²) in [5.41, 5.74) is 1.39. The highest BCUT2D eigenvalue weighted by Crippen LogP contribution is 2.38. The molecule has 6 nitrogen and oxygen atoms in total. The van der Waals surface area contributed by atoms with Crippen LogP contribution in [-0.4, -0.2) is 29.7 Å². The van der Waals surface area contributed by atoms with Gasteiger partial charge in [-0.25, -0.2) is 8.42 Å². The van der Waals surface area contributed by atoms with Crippen LogP contribution in [0.1, 0.15) is 25.7 Å². The minimum absolute atomic E-state index is 0.249. The van der Waals surface area contributed by atoms with E-state index in [0.717, 1.165) is 30.3 Å². The highest BCUT2D eigenvalue weighted by atomic mass is 35.5. The quantitative estimate of drug-likeness (QED) is 0.646. The molecule has 27 heavy (non-hydrogen) atoms. The standard InChI is InChI=1S/C19H21ClN4O2S/c20-17-9-21-19-16(17)2-1-3-18(19)24(11-14-6-7-14)27(25,26)15-8-22-23(12-15)10-13-4-5-13/h1-3,8-9,12-14,21H,4-7,10-11H2. The maximum Gasteiger partial charge on any atom is 0.267 e. The number of rotatable bonds is 7. The molecular weight excluding hydrogens is 384 g/mol. The van der Waals surface area contributed by atoms with Gasteiger partial charge in [-0.2, -0.15) is 5.10 Å². The van der Waals surface area contributed by atoms with Crippen molar-refractivity contribution < 1.29 is 8.42 Å². The van der Waals surface area contributed by atoms with E-state index < -0.39 is 10.0 Å². The van der Waals surface area contributed by atoms with Crippen LogP contribution in [0.25, 0.3) is 10.9 Å². The molecule has 0 bridgehead atoms. The molecule has 2 aromatic heterocycles. The van der Waals surface area contributed by atoms with Crippen molar-refractivity contribution >= 4 is 38.2 Å². The number of aromatic amines is 1. The Morgan fingerprint density at radius 1 is 1.22 bits per heavy atom. The Hall–Kier alpha value is -1.99. The van der Waals surface area contributed by atoms with E-state index in [4.69, 9.17) is 11.6 Å². The van der Waals surface area contributed by atoms with Gasteiger partial charge < -0.3 is 4.98 Å². The van der Waals surface area contributed by atoms with E-state index >= 15 is 0 Å². The van der Waals surface area contributed by atoms with Gasteiger partial charge >= 0.3 is 0 Å². The fourth-order valence-electron chi connectivity index (χ4n) is 3.44. The average molecular weight is 405 g/mol. The van der Waals surface area contributed by atoms with Crippen molar-refractivity contribution in [3.63, 3.8) is 0 Å². The summed E-state index contributed by atoms with van der Waals surface area (Å²) in [5.74, 6) is 1.04. The van der Waals surface area contributed by atoms with Crippen LogP contribution in [0.4, 0.5) is 5.69 Å². The summed E-state index contributed by atoms with van der Waals surface area (Å²) in [6.07, 6.45) is 9.36. The molecule has 2 heterocycles. The zero-order valence-electron chi connectivity index (χ0n) is 14.8. The zero-order chi connectivity index (χ0) is 18.6. The molecule has 2 saturated carbocycles. The van der Waals surface area contributed by atoms with Gasteiger partial charge in [-0.3, -0.25) is 8.99 Å². The van der Waals surface area contributed by atoms with E-state index in [0.29, 0.717) is 29.1 Å². The molecular formula is C19H21ClN4O2S. The molecule has 2 aliphatic carbocycles. The van der Waals surface area contributed by atoms with Crippen molar-refractivity contribution in [2.75, 3.05) is 10.8 Å². The topological polar surface area (TPSA) is 71.0 Å². The Labute approximate surface area is 163 Å². The third kappa shape index (κ3) is 3.23. The van der Waals surface area contributed by atoms with Gasteiger partial charge in [0.15, 0.2) is 0 Å². The molecule has 0 aliphatic heterocycles. The molecule has 3 aromatic rings. The second-order valence-corrected chi connectivity index (χ2v) is 9.93. The molecule has 5 rings (SSSR count). The monoisotopic (exact) mass is 404 g/mol. The SMILES string of the molecule is O=S(=O)(c1cnn(CC2CC2)c1)N(CC1CC1)c1cccc2c(Cl)c[nH]c12. The summed E-state index contributed by atoms with van der Waals surface area (Å²) in [6, 6.07) is 5.58. The Balaban J connectivity index is 1.56. The van der Waals surface area contributed by atoms with Crippen molar-refractivity contribution in [2.24, 2.45) is 11.8 Å². The molecule has 2 aliphatic rings. The second kappa shape index (κ2) is 6.27. The Morgan fingerprint density at radius 2 is 2.00 bits per heavy atom. The number of aromatic nitrogens is 3. The Bertz CT molecular complexity index is 1100.